The molecule has 2 aromatic carbocycles. The van der Waals surface area contributed by atoms with E-state index >= 15 is 0 Å². The third-order valence-corrected chi connectivity index (χ3v) is 6.09. The number of aryl methyl sites for hydroxylation is 1. The summed E-state index contributed by atoms with van der Waals surface area (Å²) in [5.41, 5.74) is 1.59. The highest BCUT2D eigenvalue weighted by Crippen LogP contribution is 2.21. The Hall–Kier alpha value is -2.25. The van der Waals surface area contributed by atoms with Crippen LogP contribution < -0.4 is 14.4 Å². The molecule has 0 heterocycles. The number of sulfonamides is 1. The van der Waals surface area contributed by atoms with Crippen molar-refractivity contribution in [1.29, 1.82) is 0 Å². The van der Waals surface area contributed by atoms with Crippen molar-refractivity contribution < 1.29 is 17.9 Å². The van der Waals surface area contributed by atoms with Gasteiger partial charge in [-0.25, -0.2) is 8.42 Å². The third-order valence-electron chi connectivity index (χ3n) is 4.52. The smallest absolute Gasteiger partial charge is 0.261 e. The zero-order chi connectivity index (χ0) is 21.4. The fourth-order valence-electron chi connectivity index (χ4n) is 2.72. The Morgan fingerprint density at radius 1 is 1.17 bits per heavy atom. The Morgan fingerprint density at radius 3 is 2.41 bits per heavy atom. The van der Waals surface area contributed by atoms with E-state index in [4.69, 9.17) is 16.3 Å². The Bertz CT molecular complexity index is 917. The predicted molar refractivity (Wildman–Crippen MR) is 117 cm³/mol. The molecule has 2 rings (SSSR count). The number of ether oxygens (including phenoxy) is 1. The number of hydrogen-bond donors (Lipinski definition) is 1. The Labute approximate surface area is 177 Å². The van der Waals surface area contributed by atoms with Gasteiger partial charge < -0.3 is 10.1 Å². The summed E-state index contributed by atoms with van der Waals surface area (Å²) < 4.78 is 30.2. The van der Waals surface area contributed by atoms with E-state index in [9.17, 15) is 13.2 Å². The summed E-state index contributed by atoms with van der Waals surface area (Å²) in [7, 11) is -1.84. The molecule has 0 saturated heterocycles. The van der Waals surface area contributed by atoms with Gasteiger partial charge in [-0.05, 0) is 55.2 Å². The topological polar surface area (TPSA) is 75.7 Å². The lowest BCUT2D eigenvalue weighted by molar-refractivity contribution is -0.128. The van der Waals surface area contributed by atoms with E-state index in [1.807, 2.05) is 31.2 Å². The fraction of sp³-hybridized carbons (Fsp3) is 0.381. The van der Waals surface area contributed by atoms with Gasteiger partial charge in [0.05, 0.1) is 11.9 Å². The second-order valence-electron chi connectivity index (χ2n) is 6.73. The monoisotopic (exact) mass is 438 g/mol. The molecule has 1 N–H and O–H groups in total. The van der Waals surface area contributed by atoms with Gasteiger partial charge in [-0.2, -0.15) is 0 Å². The molecule has 0 radical (unpaired) electrons. The quantitative estimate of drug-likeness (QED) is 0.574. The molecule has 2 aromatic rings. The summed E-state index contributed by atoms with van der Waals surface area (Å²) in [6.07, 6.45) is 2.60. The fourth-order valence-corrected chi connectivity index (χ4v) is 3.45. The van der Waals surface area contributed by atoms with Crippen LogP contribution in [0.3, 0.4) is 0 Å². The molecule has 1 atom stereocenters. The Balaban J connectivity index is 1.85. The normalized spacial score (nSPS) is 12.3. The highest BCUT2D eigenvalue weighted by Gasteiger charge is 2.18. The molecular formula is C21H27ClN2O4S. The molecule has 0 aromatic heterocycles. The van der Waals surface area contributed by atoms with Crippen LogP contribution in [0, 0.1) is 0 Å². The first-order valence-electron chi connectivity index (χ1n) is 9.44. The maximum atomic E-state index is 12.4. The summed E-state index contributed by atoms with van der Waals surface area (Å²) in [6.45, 7) is 2.40. The van der Waals surface area contributed by atoms with E-state index < -0.39 is 16.1 Å². The molecule has 0 aliphatic heterocycles. The van der Waals surface area contributed by atoms with Crippen LogP contribution in [-0.4, -0.2) is 40.3 Å². The van der Waals surface area contributed by atoms with Crippen molar-refractivity contribution in [2.24, 2.45) is 0 Å². The highest BCUT2D eigenvalue weighted by atomic mass is 35.5. The van der Waals surface area contributed by atoms with E-state index in [0.29, 0.717) is 24.4 Å². The van der Waals surface area contributed by atoms with Gasteiger partial charge >= 0.3 is 0 Å². The zero-order valence-electron chi connectivity index (χ0n) is 16.9. The minimum Gasteiger partial charge on any atom is -0.481 e. The maximum absolute atomic E-state index is 12.4. The largest absolute Gasteiger partial charge is 0.481 e. The first-order valence-corrected chi connectivity index (χ1v) is 11.7. The minimum atomic E-state index is -3.33. The van der Waals surface area contributed by atoms with Crippen molar-refractivity contribution >= 4 is 33.2 Å². The lowest BCUT2D eigenvalue weighted by Gasteiger charge is -2.19. The van der Waals surface area contributed by atoms with Crippen LogP contribution in [-0.2, 0) is 21.2 Å². The van der Waals surface area contributed by atoms with Gasteiger partial charge in [-0.3, -0.25) is 9.10 Å². The summed E-state index contributed by atoms with van der Waals surface area (Å²) in [6, 6.07) is 14.3. The molecule has 1 unspecified atom stereocenters. The van der Waals surface area contributed by atoms with Gasteiger partial charge in [0.2, 0.25) is 10.0 Å². The van der Waals surface area contributed by atoms with Crippen LogP contribution in [0.4, 0.5) is 5.69 Å². The van der Waals surface area contributed by atoms with Crippen molar-refractivity contribution in [1.82, 2.24) is 5.32 Å². The second-order valence-corrected chi connectivity index (χ2v) is 9.15. The van der Waals surface area contributed by atoms with Crippen molar-refractivity contribution in [3.05, 3.63) is 59.1 Å². The molecule has 0 aliphatic carbocycles. The van der Waals surface area contributed by atoms with Crippen LogP contribution in [0.5, 0.6) is 5.75 Å². The average Bonchev–Trinajstić information content (AvgIpc) is 2.69. The number of benzene rings is 2. The molecule has 1 amide bonds. The van der Waals surface area contributed by atoms with E-state index in [-0.39, 0.29) is 5.91 Å². The predicted octanol–water partition coefficient (Wildman–Crippen LogP) is 3.64. The first kappa shape index (κ1) is 23.0. The SMILES string of the molecule is CCC(Oc1ccc(N(C)S(C)(=O)=O)cc1)C(=O)NCCCc1ccccc1Cl. The third kappa shape index (κ3) is 6.94. The Kier molecular flexibility index (Phi) is 8.34. The van der Waals surface area contributed by atoms with Gasteiger partial charge in [-0.15, -0.1) is 0 Å². The molecular weight excluding hydrogens is 412 g/mol. The number of halogens is 1. The number of hydrogen-bond acceptors (Lipinski definition) is 4. The number of nitrogens with one attached hydrogen (secondary N) is 1. The Morgan fingerprint density at radius 2 is 1.83 bits per heavy atom. The van der Waals surface area contributed by atoms with Crippen molar-refractivity contribution in [2.45, 2.75) is 32.3 Å². The van der Waals surface area contributed by atoms with Crippen molar-refractivity contribution in [3.8, 4) is 5.75 Å². The first-order chi connectivity index (χ1) is 13.7. The van der Waals surface area contributed by atoms with E-state index in [2.05, 4.69) is 5.32 Å². The summed E-state index contributed by atoms with van der Waals surface area (Å²) in [4.78, 5) is 12.4. The van der Waals surface area contributed by atoms with Gasteiger partial charge in [0.1, 0.15) is 5.75 Å². The molecule has 0 aliphatic rings. The molecule has 6 nitrogen and oxygen atoms in total. The molecule has 0 bridgehead atoms. The molecule has 0 fully saturated rings. The van der Waals surface area contributed by atoms with Crippen LogP contribution in [0.25, 0.3) is 0 Å². The van der Waals surface area contributed by atoms with E-state index in [1.54, 1.807) is 24.3 Å². The highest BCUT2D eigenvalue weighted by molar-refractivity contribution is 7.92. The standard InChI is InChI=1S/C21H27ClN2O4S/c1-4-20(21(25)23-15-7-9-16-8-5-6-10-19(16)22)28-18-13-11-17(12-14-18)24(2)29(3,26)27/h5-6,8,10-14,20H,4,7,9,15H2,1-3H3,(H,23,25). The molecule has 29 heavy (non-hydrogen) atoms. The van der Waals surface area contributed by atoms with Crippen molar-refractivity contribution in [3.63, 3.8) is 0 Å². The summed E-state index contributed by atoms with van der Waals surface area (Å²) >= 11 is 6.14. The molecule has 0 spiro atoms. The minimum absolute atomic E-state index is 0.177. The second kappa shape index (κ2) is 10.5. The zero-order valence-corrected chi connectivity index (χ0v) is 18.5. The number of rotatable bonds is 10. The van der Waals surface area contributed by atoms with Crippen molar-refractivity contribution in [2.75, 3.05) is 24.2 Å². The number of carbonyl (C=O) groups is 1. The number of nitrogens with zero attached hydrogens (tertiary/aromatic N) is 1. The van der Waals surface area contributed by atoms with E-state index in [1.165, 1.54) is 11.4 Å². The molecule has 158 valence electrons. The van der Waals surface area contributed by atoms with Crippen LogP contribution in [0.15, 0.2) is 48.5 Å². The molecule has 8 heteroatoms. The van der Waals surface area contributed by atoms with Crippen LogP contribution in [0.1, 0.15) is 25.3 Å². The lowest BCUT2D eigenvalue weighted by Crippen LogP contribution is -2.38. The van der Waals surface area contributed by atoms with E-state index in [0.717, 1.165) is 29.7 Å². The van der Waals surface area contributed by atoms with Crippen LogP contribution >= 0.6 is 11.6 Å². The average molecular weight is 439 g/mol. The van der Waals surface area contributed by atoms with Gasteiger partial charge in [0, 0.05) is 18.6 Å². The number of anilines is 1. The lowest BCUT2D eigenvalue weighted by atomic mass is 10.1. The van der Waals surface area contributed by atoms with Gasteiger partial charge in [0.15, 0.2) is 6.10 Å². The maximum Gasteiger partial charge on any atom is 0.261 e. The summed E-state index contributed by atoms with van der Waals surface area (Å²) in [5.74, 6) is 0.331. The summed E-state index contributed by atoms with van der Waals surface area (Å²) in [5, 5.41) is 3.63. The van der Waals surface area contributed by atoms with Crippen LogP contribution in [0.2, 0.25) is 5.02 Å². The van der Waals surface area contributed by atoms with Gasteiger partial charge in [-0.1, -0.05) is 36.7 Å². The molecule has 0 saturated carbocycles. The number of carbonyl (C=O) groups excluding carboxylic acids is 1. The number of amides is 1. The van der Waals surface area contributed by atoms with Gasteiger partial charge in [0.25, 0.3) is 5.91 Å².